The number of hydrogen-bond acceptors (Lipinski definition) is 3. The monoisotopic (exact) mass is 267 g/mol. The number of aryl methyl sites for hydroxylation is 1. The summed E-state index contributed by atoms with van der Waals surface area (Å²) in [7, 11) is -1.24. The van der Waals surface area contributed by atoms with Gasteiger partial charge in [0.25, 0.3) is 0 Å². The number of hydrogen-bond donors (Lipinski definition) is 1. The highest BCUT2D eigenvalue weighted by molar-refractivity contribution is 7.90. The van der Waals surface area contributed by atoms with Crippen molar-refractivity contribution < 1.29 is 13.2 Å². The Morgan fingerprint density at radius 1 is 1.33 bits per heavy atom. The van der Waals surface area contributed by atoms with Crippen molar-refractivity contribution in [3.63, 3.8) is 0 Å². The van der Waals surface area contributed by atoms with E-state index in [2.05, 4.69) is 4.98 Å². The SMILES string of the molecule is COc1ccc2[nH]cc(CCCS(C)(=O)=O)c2c1. The minimum Gasteiger partial charge on any atom is -0.497 e. The molecule has 0 unspecified atom stereocenters. The molecule has 0 aliphatic rings. The Morgan fingerprint density at radius 2 is 2.11 bits per heavy atom. The number of H-pyrrole nitrogens is 1. The zero-order valence-corrected chi connectivity index (χ0v) is 11.4. The third kappa shape index (κ3) is 3.04. The molecule has 1 aromatic heterocycles. The van der Waals surface area contributed by atoms with Gasteiger partial charge in [0.15, 0.2) is 0 Å². The molecule has 0 bridgehead atoms. The van der Waals surface area contributed by atoms with Gasteiger partial charge in [0.2, 0.25) is 0 Å². The van der Waals surface area contributed by atoms with Gasteiger partial charge in [-0.1, -0.05) is 0 Å². The summed E-state index contributed by atoms with van der Waals surface area (Å²) in [6, 6.07) is 5.84. The van der Waals surface area contributed by atoms with E-state index in [4.69, 9.17) is 4.74 Å². The van der Waals surface area contributed by atoms with Gasteiger partial charge in [-0.3, -0.25) is 0 Å². The third-order valence-electron chi connectivity index (χ3n) is 2.94. The van der Waals surface area contributed by atoms with Crippen LogP contribution in [0.1, 0.15) is 12.0 Å². The van der Waals surface area contributed by atoms with Gasteiger partial charge in [-0.2, -0.15) is 0 Å². The van der Waals surface area contributed by atoms with Crippen molar-refractivity contribution in [1.29, 1.82) is 0 Å². The first-order valence-corrected chi connectivity index (χ1v) is 7.87. The fraction of sp³-hybridized carbons (Fsp3) is 0.385. The van der Waals surface area contributed by atoms with Crippen molar-refractivity contribution in [3.8, 4) is 5.75 Å². The second kappa shape index (κ2) is 5.02. The molecule has 1 aromatic carbocycles. The topological polar surface area (TPSA) is 59.2 Å². The molecular weight excluding hydrogens is 250 g/mol. The van der Waals surface area contributed by atoms with Gasteiger partial charge in [-0.15, -0.1) is 0 Å². The molecule has 0 saturated heterocycles. The van der Waals surface area contributed by atoms with E-state index >= 15 is 0 Å². The molecule has 1 N–H and O–H groups in total. The van der Waals surface area contributed by atoms with Crippen LogP contribution < -0.4 is 4.74 Å². The Morgan fingerprint density at radius 3 is 2.78 bits per heavy atom. The maximum Gasteiger partial charge on any atom is 0.147 e. The van der Waals surface area contributed by atoms with E-state index in [0.717, 1.165) is 28.6 Å². The highest BCUT2D eigenvalue weighted by Gasteiger charge is 2.07. The molecule has 5 heteroatoms. The maximum atomic E-state index is 11.1. The molecule has 0 spiro atoms. The van der Waals surface area contributed by atoms with Crippen LogP contribution in [0.2, 0.25) is 0 Å². The Balaban J connectivity index is 2.18. The van der Waals surface area contributed by atoms with Crippen LogP contribution in [0, 0.1) is 0 Å². The van der Waals surface area contributed by atoms with Crippen LogP contribution in [-0.4, -0.2) is 32.5 Å². The number of rotatable bonds is 5. The molecule has 2 aromatic rings. The van der Waals surface area contributed by atoms with Gasteiger partial charge in [0.1, 0.15) is 15.6 Å². The molecule has 98 valence electrons. The van der Waals surface area contributed by atoms with E-state index in [9.17, 15) is 8.42 Å². The summed E-state index contributed by atoms with van der Waals surface area (Å²) < 4.78 is 27.4. The molecule has 18 heavy (non-hydrogen) atoms. The Kier molecular flexibility index (Phi) is 3.61. The molecule has 0 saturated carbocycles. The maximum absolute atomic E-state index is 11.1. The van der Waals surface area contributed by atoms with Crippen LogP contribution >= 0.6 is 0 Å². The lowest BCUT2D eigenvalue weighted by atomic mass is 10.1. The first-order chi connectivity index (χ1) is 8.49. The standard InChI is InChI=1S/C13H17NO3S/c1-17-11-5-6-13-12(8-11)10(9-14-13)4-3-7-18(2,15)16/h5-6,8-9,14H,3-4,7H2,1-2H3. The number of sulfone groups is 1. The minimum absolute atomic E-state index is 0.226. The predicted octanol–water partition coefficient (Wildman–Crippen LogP) is 2.15. The normalized spacial score (nSPS) is 11.9. The lowest BCUT2D eigenvalue weighted by molar-refractivity contribution is 0.415. The van der Waals surface area contributed by atoms with Crippen molar-refractivity contribution in [2.75, 3.05) is 19.1 Å². The van der Waals surface area contributed by atoms with Crippen LogP contribution in [-0.2, 0) is 16.3 Å². The summed E-state index contributed by atoms with van der Waals surface area (Å²) in [6.07, 6.45) is 4.60. The van der Waals surface area contributed by atoms with Crippen molar-refractivity contribution in [2.24, 2.45) is 0 Å². The molecule has 0 radical (unpaired) electrons. The number of nitrogens with one attached hydrogen (secondary N) is 1. The molecule has 2 rings (SSSR count). The van der Waals surface area contributed by atoms with Crippen LogP contribution in [0.15, 0.2) is 24.4 Å². The van der Waals surface area contributed by atoms with Crippen molar-refractivity contribution in [2.45, 2.75) is 12.8 Å². The second-order valence-corrected chi connectivity index (χ2v) is 6.72. The van der Waals surface area contributed by atoms with E-state index in [1.807, 2.05) is 24.4 Å². The van der Waals surface area contributed by atoms with Gasteiger partial charge in [-0.05, 0) is 36.6 Å². The second-order valence-electron chi connectivity index (χ2n) is 4.46. The lowest BCUT2D eigenvalue weighted by Gasteiger charge is -2.02. The number of ether oxygens (including phenoxy) is 1. The molecule has 0 amide bonds. The average Bonchev–Trinajstić information content (AvgIpc) is 2.70. The van der Waals surface area contributed by atoms with E-state index in [-0.39, 0.29) is 5.75 Å². The third-order valence-corrected chi connectivity index (χ3v) is 3.97. The minimum atomic E-state index is -2.88. The smallest absolute Gasteiger partial charge is 0.147 e. The zero-order chi connectivity index (χ0) is 13.2. The number of methoxy groups -OCH3 is 1. The largest absolute Gasteiger partial charge is 0.497 e. The summed E-state index contributed by atoms with van der Waals surface area (Å²) in [5.41, 5.74) is 2.18. The van der Waals surface area contributed by atoms with Crippen molar-refractivity contribution >= 4 is 20.7 Å². The molecule has 0 fully saturated rings. The number of aromatic amines is 1. The molecule has 0 aliphatic carbocycles. The summed E-state index contributed by atoms with van der Waals surface area (Å²) in [6.45, 7) is 0. The first-order valence-electron chi connectivity index (χ1n) is 5.81. The fourth-order valence-corrected chi connectivity index (χ4v) is 2.68. The summed E-state index contributed by atoms with van der Waals surface area (Å²) in [5, 5.41) is 1.10. The Hall–Kier alpha value is -1.49. The van der Waals surface area contributed by atoms with Gasteiger partial charge < -0.3 is 9.72 Å². The zero-order valence-electron chi connectivity index (χ0n) is 10.6. The molecule has 0 atom stereocenters. The molecule has 4 nitrogen and oxygen atoms in total. The van der Waals surface area contributed by atoms with Gasteiger partial charge in [0.05, 0.1) is 12.9 Å². The number of aromatic nitrogens is 1. The molecule has 0 aliphatic heterocycles. The summed E-state index contributed by atoms with van der Waals surface area (Å²) in [5.74, 6) is 1.04. The first kappa shape index (κ1) is 13.0. The Bertz CT molecular complexity index is 643. The quantitative estimate of drug-likeness (QED) is 0.903. The Labute approximate surface area is 107 Å². The van der Waals surface area contributed by atoms with Crippen LogP contribution in [0.4, 0.5) is 0 Å². The van der Waals surface area contributed by atoms with Gasteiger partial charge >= 0.3 is 0 Å². The van der Waals surface area contributed by atoms with E-state index in [0.29, 0.717) is 6.42 Å². The summed E-state index contributed by atoms with van der Waals surface area (Å²) >= 11 is 0. The highest BCUT2D eigenvalue weighted by atomic mass is 32.2. The van der Waals surface area contributed by atoms with Gasteiger partial charge in [0, 0.05) is 23.4 Å². The fourth-order valence-electron chi connectivity index (χ4n) is 2.02. The number of fused-ring (bicyclic) bond motifs is 1. The summed E-state index contributed by atoms with van der Waals surface area (Å²) in [4.78, 5) is 3.18. The van der Waals surface area contributed by atoms with Crippen molar-refractivity contribution in [1.82, 2.24) is 4.98 Å². The number of benzene rings is 1. The lowest BCUT2D eigenvalue weighted by Crippen LogP contribution is -2.03. The predicted molar refractivity (Wildman–Crippen MR) is 72.9 cm³/mol. The van der Waals surface area contributed by atoms with E-state index in [1.165, 1.54) is 6.26 Å². The van der Waals surface area contributed by atoms with Crippen molar-refractivity contribution in [3.05, 3.63) is 30.0 Å². The van der Waals surface area contributed by atoms with E-state index in [1.54, 1.807) is 7.11 Å². The molecular formula is C13H17NO3S. The average molecular weight is 267 g/mol. The van der Waals surface area contributed by atoms with Crippen LogP contribution in [0.5, 0.6) is 5.75 Å². The van der Waals surface area contributed by atoms with Gasteiger partial charge in [-0.25, -0.2) is 8.42 Å². The molecule has 1 heterocycles. The van der Waals surface area contributed by atoms with E-state index < -0.39 is 9.84 Å². The van der Waals surface area contributed by atoms with Crippen LogP contribution in [0.3, 0.4) is 0 Å². The van der Waals surface area contributed by atoms with Crippen LogP contribution in [0.25, 0.3) is 10.9 Å². The highest BCUT2D eigenvalue weighted by Crippen LogP contribution is 2.24.